The predicted octanol–water partition coefficient (Wildman–Crippen LogP) is 1.44. The number of carboxylic acids is 1. The fraction of sp³-hybridized carbons (Fsp3) is 0.923. The molecule has 0 aromatic rings. The Morgan fingerprint density at radius 3 is 2.65 bits per heavy atom. The van der Waals surface area contributed by atoms with Gasteiger partial charge in [0.05, 0.1) is 0 Å². The number of aliphatic carboxylic acids is 1. The second-order valence-electron chi connectivity index (χ2n) is 5.63. The molecule has 0 aromatic carbocycles. The van der Waals surface area contributed by atoms with Gasteiger partial charge in [-0.15, -0.1) is 0 Å². The van der Waals surface area contributed by atoms with Crippen molar-refractivity contribution < 1.29 is 9.90 Å². The Morgan fingerprint density at radius 1 is 1.29 bits per heavy atom. The molecule has 1 aliphatic heterocycles. The summed E-state index contributed by atoms with van der Waals surface area (Å²) in [6.07, 6.45) is 7.25. The summed E-state index contributed by atoms with van der Waals surface area (Å²) in [5.41, 5.74) is 5.15. The van der Waals surface area contributed by atoms with Crippen molar-refractivity contribution in [1.82, 2.24) is 4.90 Å². The summed E-state index contributed by atoms with van der Waals surface area (Å²) < 4.78 is 0. The zero-order valence-corrected chi connectivity index (χ0v) is 10.5. The Balaban J connectivity index is 1.89. The Hall–Kier alpha value is -0.610. The minimum Gasteiger partial charge on any atom is -0.480 e. The molecule has 1 aliphatic carbocycles. The topological polar surface area (TPSA) is 66.6 Å². The molecule has 1 saturated carbocycles. The Labute approximate surface area is 103 Å². The fourth-order valence-electron chi connectivity index (χ4n) is 3.30. The van der Waals surface area contributed by atoms with E-state index in [1.165, 1.54) is 25.9 Å². The zero-order chi connectivity index (χ0) is 12.3. The molecule has 0 amide bonds. The van der Waals surface area contributed by atoms with Crippen LogP contribution in [-0.4, -0.2) is 41.1 Å². The molecule has 1 saturated heterocycles. The van der Waals surface area contributed by atoms with Crippen molar-refractivity contribution in [3.05, 3.63) is 0 Å². The maximum absolute atomic E-state index is 11.3. The number of carbonyl (C=O) groups is 1. The van der Waals surface area contributed by atoms with Gasteiger partial charge in [-0.2, -0.15) is 0 Å². The average Bonchev–Trinajstić information content (AvgIpc) is 2.81. The fourth-order valence-corrected chi connectivity index (χ4v) is 3.30. The lowest BCUT2D eigenvalue weighted by Crippen LogP contribution is -2.56. The van der Waals surface area contributed by atoms with E-state index in [0.717, 1.165) is 32.2 Å². The van der Waals surface area contributed by atoms with Crippen molar-refractivity contribution in [2.75, 3.05) is 19.6 Å². The number of rotatable bonds is 4. The van der Waals surface area contributed by atoms with Gasteiger partial charge in [-0.25, -0.2) is 0 Å². The second kappa shape index (κ2) is 5.36. The number of likely N-dealkylation sites (tertiary alicyclic amines) is 1. The molecular formula is C13H24N2O2. The molecule has 2 unspecified atom stereocenters. The Morgan fingerprint density at radius 2 is 2.00 bits per heavy atom. The van der Waals surface area contributed by atoms with E-state index in [0.29, 0.717) is 6.42 Å². The van der Waals surface area contributed by atoms with Gasteiger partial charge in [0.1, 0.15) is 5.54 Å². The van der Waals surface area contributed by atoms with Crippen molar-refractivity contribution in [3.63, 3.8) is 0 Å². The molecule has 3 N–H and O–H groups in total. The minimum absolute atomic E-state index is 0.161. The maximum Gasteiger partial charge on any atom is 0.323 e. The van der Waals surface area contributed by atoms with Crippen LogP contribution in [0, 0.1) is 5.92 Å². The van der Waals surface area contributed by atoms with Crippen molar-refractivity contribution in [3.8, 4) is 0 Å². The van der Waals surface area contributed by atoms with Crippen LogP contribution < -0.4 is 5.73 Å². The number of carboxylic acid groups (broad SMARTS) is 1. The standard InChI is InChI=1S/C13H24N2O2/c14-13(12(16)17)7-2-1-5-11(13)6-10-15-8-3-4-9-15/h11H,1-10,14H2,(H,16,17). The zero-order valence-electron chi connectivity index (χ0n) is 10.5. The summed E-state index contributed by atoms with van der Waals surface area (Å²) >= 11 is 0. The van der Waals surface area contributed by atoms with Crippen molar-refractivity contribution in [2.24, 2.45) is 11.7 Å². The summed E-state index contributed by atoms with van der Waals surface area (Å²) in [6, 6.07) is 0. The molecule has 98 valence electrons. The van der Waals surface area contributed by atoms with Crippen LogP contribution in [0.5, 0.6) is 0 Å². The van der Waals surface area contributed by atoms with E-state index in [4.69, 9.17) is 5.73 Å². The highest BCUT2D eigenvalue weighted by Crippen LogP contribution is 2.34. The van der Waals surface area contributed by atoms with Gasteiger partial charge in [-0.05, 0) is 57.7 Å². The Bertz CT molecular complexity index is 277. The van der Waals surface area contributed by atoms with Crippen molar-refractivity contribution in [1.29, 1.82) is 0 Å². The van der Waals surface area contributed by atoms with Gasteiger partial charge in [0, 0.05) is 0 Å². The van der Waals surface area contributed by atoms with Gasteiger partial charge < -0.3 is 15.7 Å². The van der Waals surface area contributed by atoms with Crippen molar-refractivity contribution >= 4 is 5.97 Å². The molecule has 2 rings (SSSR count). The van der Waals surface area contributed by atoms with E-state index < -0.39 is 11.5 Å². The molecule has 4 heteroatoms. The predicted molar refractivity (Wildman–Crippen MR) is 66.8 cm³/mol. The number of hydrogen-bond acceptors (Lipinski definition) is 3. The molecule has 0 aromatic heterocycles. The molecule has 2 aliphatic rings. The van der Waals surface area contributed by atoms with Crippen LogP contribution in [0.1, 0.15) is 44.9 Å². The quantitative estimate of drug-likeness (QED) is 0.780. The molecule has 2 fully saturated rings. The third kappa shape index (κ3) is 2.80. The van der Waals surface area contributed by atoms with Gasteiger partial charge >= 0.3 is 5.97 Å². The number of nitrogens with zero attached hydrogens (tertiary/aromatic N) is 1. The van der Waals surface area contributed by atoms with Gasteiger partial charge in [0.2, 0.25) is 0 Å². The lowest BCUT2D eigenvalue weighted by atomic mass is 9.72. The molecule has 0 bridgehead atoms. The summed E-state index contributed by atoms with van der Waals surface area (Å²) in [5, 5.41) is 9.32. The molecule has 2 atom stereocenters. The van der Waals surface area contributed by atoms with E-state index in [1.54, 1.807) is 0 Å². The highest BCUT2D eigenvalue weighted by Gasteiger charge is 2.43. The summed E-state index contributed by atoms with van der Waals surface area (Å²) in [5.74, 6) is -0.641. The van der Waals surface area contributed by atoms with Crippen LogP contribution in [0.2, 0.25) is 0 Å². The molecule has 1 heterocycles. The summed E-state index contributed by atoms with van der Waals surface area (Å²) in [7, 11) is 0. The third-order valence-electron chi connectivity index (χ3n) is 4.51. The molecule has 0 spiro atoms. The van der Waals surface area contributed by atoms with Crippen LogP contribution in [-0.2, 0) is 4.79 Å². The lowest BCUT2D eigenvalue weighted by molar-refractivity contribution is -0.147. The van der Waals surface area contributed by atoms with E-state index >= 15 is 0 Å². The first-order valence-electron chi connectivity index (χ1n) is 6.87. The van der Waals surface area contributed by atoms with Gasteiger partial charge in [-0.1, -0.05) is 12.8 Å². The van der Waals surface area contributed by atoms with Crippen molar-refractivity contribution in [2.45, 2.75) is 50.5 Å². The average molecular weight is 240 g/mol. The number of hydrogen-bond donors (Lipinski definition) is 2. The SMILES string of the molecule is NC1(C(=O)O)CCCCC1CCN1CCCC1. The van der Waals surface area contributed by atoms with Crippen LogP contribution in [0.4, 0.5) is 0 Å². The second-order valence-corrected chi connectivity index (χ2v) is 5.63. The highest BCUT2D eigenvalue weighted by atomic mass is 16.4. The first-order valence-corrected chi connectivity index (χ1v) is 6.87. The number of nitrogens with two attached hydrogens (primary N) is 1. The largest absolute Gasteiger partial charge is 0.480 e. The van der Waals surface area contributed by atoms with Crippen LogP contribution in [0.25, 0.3) is 0 Å². The van der Waals surface area contributed by atoms with Gasteiger partial charge in [0.25, 0.3) is 0 Å². The molecule has 0 radical (unpaired) electrons. The van der Waals surface area contributed by atoms with Crippen LogP contribution in [0.15, 0.2) is 0 Å². The summed E-state index contributed by atoms with van der Waals surface area (Å²) in [4.78, 5) is 13.8. The molecular weight excluding hydrogens is 216 g/mol. The smallest absolute Gasteiger partial charge is 0.323 e. The van der Waals surface area contributed by atoms with Crippen LogP contribution >= 0.6 is 0 Å². The summed E-state index contributed by atoms with van der Waals surface area (Å²) in [6.45, 7) is 3.38. The van der Waals surface area contributed by atoms with Gasteiger partial charge in [-0.3, -0.25) is 4.79 Å². The maximum atomic E-state index is 11.3. The lowest BCUT2D eigenvalue weighted by Gasteiger charge is -2.38. The highest BCUT2D eigenvalue weighted by molar-refractivity contribution is 5.79. The van der Waals surface area contributed by atoms with Crippen LogP contribution in [0.3, 0.4) is 0 Å². The van der Waals surface area contributed by atoms with E-state index in [-0.39, 0.29) is 5.92 Å². The first kappa shape index (κ1) is 12.8. The Kier molecular flexibility index (Phi) is 4.05. The molecule has 17 heavy (non-hydrogen) atoms. The normalized spacial score (nSPS) is 35.0. The van der Waals surface area contributed by atoms with Gasteiger partial charge in [0.15, 0.2) is 0 Å². The first-order chi connectivity index (χ1) is 8.13. The monoisotopic (exact) mass is 240 g/mol. The minimum atomic E-state index is -0.960. The van der Waals surface area contributed by atoms with E-state index in [2.05, 4.69) is 4.90 Å². The molecule has 4 nitrogen and oxygen atoms in total. The van der Waals surface area contributed by atoms with E-state index in [9.17, 15) is 9.90 Å². The third-order valence-corrected chi connectivity index (χ3v) is 4.51. The van der Waals surface area contributed by atoms with E-state index in [1.807, 2.05) is 0 Å².